The Kier molecular flexibility index (Phi) is 7.31. The van der Waals surface area contributed by atoms with Gasteiger partial charge in [0.2, 0.25) is 5.91 Å². The second-order valence-electron chi connectivity index (χ2n) is 9.10. The van der Waals surface area contributed by atoms with Gasteiger partial charge in [0.1, 0.15) is 6.04 Å². The number of nitrogens with one attached hydrogen (secondary N) is 1. The quantitative estimate of drug-likeness (QED) is 0.711. The van der Waals surface area contributed by atoms with E-state index in [0.29, 0.717) is 19.6 Å². The molecule has 1 unspecified atom stereocenters. The van der Waals surface area contributed by atoms with Crippen LogP contribution in [-0.2, 0) is 19.4 Å². The van der Waals surface area contributed by atoms with E-state index in [-0.39, 0.29) is 23.0 Å². The average molecular weight is 450 g/mol. The van der Waals surface area contributed by atoms with Crippen LogP contribution in [0.4, 0.5) is 0 Å². The summed E-state index contributed by atoms with van der Waals surface area (Å²) in [5, 5.41) is 3.29. The Balaban J connectivity index is 1.50. The maximum atomic E-state index is 13.5. The Morgan fingerprint density at radius 3 is 2.29 bits per heavy atom. The second kappa shape index (κ2) is 9.98. The number of rotatable bonds is 6. The molecule has 3 fully saturated rings. The average Bonchev–Trinajstić information content (AvgIpc) is 2.81. The summed E-state index contributed by atoms with van der Waals surface area (Å²) >= 11 is 0. The summed E-state index contributed by atoms with van der Waals surface area (Å²) in [7, 11) is -3.00. The van der Waals surface area contributed by atoms with Crippen molar-refractivity contribution in [3.8, 4) is 0 Å². The standard InChI is InChI=1S/C23H35N3O4S/c27-22(24-19-23(9-5-2-6-10-23)26-11-15-30-16-12-26)21(20-7-3-1-4-8-20)25-13-17-31(28,29)18-14-25/h1,3-4,7-8,21H,2,5-6,9-19H2,(H,24,27). The van der Waals surface area contributed by atoms with Crippen molar-refractivity contribution < 1.29 is 17.9 Å². The van der Waals surface area contributed by atoms with Gasteiger partial charge in [0.15, 0.2) is 9.84 Å². The molecule has 2 aliphatic heterocycles. The van der Waals surface area contributed by atoms with Gasteiger partial charge in [0.05, 0.1) is 24.7 Å². The molecule has 2 saturated heterocycles. The van der Waals surface area contributed by atoms with Crippen LogP contribution in [0.1, 0.15) is 43.7 Å². The van der Waals surface area contributed by atoms with Gasteiger partial charge in [0, 0.05) is 38.3 Å². The third-order valence-electron chi connectivity index (χ3n) is 7.17. The first-order chi connectivity index (χ1) is 15.0. The summed E-state index contributed by atoms with van der Waals surface area (Å²) in [6.45, 7) is 4.77. The summed E-state index contributed by atoms with van der Waals surface area (Å²) in [6.07, 6.45) is 5.85. The molecular weight excluding hydrogens is 414 g/mol. The molecule has 0 spiro atoms. The van der Waals surface area contributed by atoms with Crippen LogP contribution in [0.2, 0.25) is 0 Å². The molecule has 172 valence electrons. The number of carbonyl (C=O) groups is 1. The predicted octanol–water partition coefficient (Wildman–Crippen LogP) is 1.61. The van der Waals surface area contributed by atoms with Crippen LogP contribution in [0.25, 0.3) is 0 Å². The summed E-state index contributed by atoms with van der Waals surface area (Å²) in [4.78, 5) is 18.1. The van der Waals surface area contributed by atoms with E-state index in [0.717, 1.165) is 44.7 Å². The van der Waals surface area contributed by atoms with Crippen LogP contribution in [0, 0.1) is 0 Å². The monoisotopic (exact) mass is 449 g/mol. The minimum Gasteiger partial charge on any atom is -0.379 e. The van der Waals surface area contributed by atoms with Gasteiger partial charge in [-0.25, -0.2) is 8.42 Å². The lowest BCUT2D eigenvalue weighted by Gasteiger charge is -2.48. The first kappa shape index (κ1) is 22.7. The molecule has 1 aliphatic carbocycles. The van der Waals surface area contributed by atoms with Gasteiger partial charge in [-0.05, 0) is 18.4 Å². The van der Waals surface area contributed by atoms with Gasteiger partial charge in [-0.2, -0.15) is 0 Å². The van der Waals surface area contributed by atoms with E-state index in [2.05, 4.69) is 10.2 Å². The minimum atomic E-state index is -3.00. The maximum absolute atomic E-state index is 13.5. The summed E-state index contributed by atoms with van der Waals surface area (Å²) in [5.41, 5.74) is 0.924. The van der Waals surface area contributed by atoms with Gasteiger partial charge in [-0.15, -0.1) is 0 Å². The van der Waals surface area contributed by atoms with Crippen molar-refractivity contribution in [2.45, 2.75) is 43.7 Å². The molecule has 1 amide bonds. The molecule has 0 radical (unpaired) electrons. The number of sulfone groups is 1. The maximum Gasteiger partial charge on any atom is 0.242 e. The van der Waals surface area contributed by atoms with Crippen molar-refractivity contribution in [1.82, 2.24) is 15.1 Å². The highest BCUT2D eigenvalue weighted by Crippen LogP contribution is 2.34. The van der Waals surface area contributed by atoms with Crippen LogP contribution in [0.3, 0.4) is 0 Å². The molecule has 1 N–H and O–H groups in total. The lowest BCUT2D eigenvalue weighted by Crippen LogP contribution is -2.60. The number of nitrogens with zero attached hydrogens (tertiary/aromatic N) is 2. The van der Waals surface area contributed by atoms with Gasteiger partial charge in [-0.1, -0.05) is 49.6 Å². The zero-order valence-corrected chi connectivity index (χ0v) is 19.1. The zero-order chi connectivity index (χ0) is 21.7. The summed E-state index contributed by atoms with van der Waals surface area (Å²) in [6, 6.07) is 9.28. The van der Waals surface area contributed by atoms with Gasteiger partial charge in [0.25, 0.3) is 0 Å². The summed E-state index contributed by atoms with van der Waals surface area (Å²) in [5.74, 6) is 0.201. The first-order valence-corrected chi connectivity index (χ1v) is 13.4. The number of hydrogen-bond acceptors (Lipinski definition) is 6. The van der Waals surface area contributed by atoms with Crippen LogP contribution in [-0.4, -0.2) is 87.1 Å². The molecule has 3 aliphatic rings. The third kappa shape index (κ3) is 5.48. The van der Waals surface area contributed by atoms with E-state index in [1.54, 1.807) is 0 Å². The Morgan fingerprint density at radius 1 is 1.00 bits per heavy atom. The number of amides is 1. The van der Waals surface area contributed by atoms with Crippen LogP contribution < -0.4 is 5.32 Å². The number of hydrogen-bond donors (Lipinski definition) is 1. The van der Waals surface area contributed by atoms with Crippen molar-refractivity contribution >= 4 is 15.7 Å². The molecule has 1 saturated carbocycles. The zero-order valence-electron chi connectivity index (χ0n) is 18.3. The Hall–Kier alpha value is -1.48. The highest BCUT2D eigenvalue weighted by atomic mass is 32.2. The number of ether oxygens (including phenoxy) is 1. The minimum absolute atomic E-state index is 0.00413. The Labute approximate surface area is 186 Å². The lowest BCUT2D eigenvalue weighted by atomic mass is 9.79. The van der Waals surface area contributed by atoms with Gasteiger partial charge < -0.3 is 10.1 Å². The van der Waals surface area contributed by atoms with Gasteiger partial charge in [-0.3, -0.25) is 14.6 Å². The molecule has 2 heterocycles. The second-order valence-corrected chi connectivity index (χ2v) is 11.4. The first-order valence-electron chi connectivity index (χ1n) is 11.6. The summed E-state index contributed by atoms with van der Waals surface area (Å²) < 4.78 is 29.4. The van der Waals surface area contributed by atoms with Crippen molar-refractivity contribution in [2.24, 2.45) is 0 Å². The fourth-order valence-corrected chi connectivity index (χ4v) is 6.58. The molecule has 1 aromatic rings. The van der Waals surface area contributed by atoms with Crippen LogP contribution >= 0.6 is 0 Å². The van der Waals surface area contributed by atoms with Crippen molar-refractivity contribution in [3.63, 3.8) is 0 Å². The fraction of sp³-hybridized carbons (Fsp3) is 0.696. The third-order valence-corrected chi connectivity index (χ3v) is 8.77. The van der Waals surface area contributed by atoms with E-state index < -0.39 is 15.9 Å². The van der Waals surface area contributed by atoms with Gasteiger partial charge >= 0.3 is 0 Å². The highest BCUT2D eigenvalue weighted by molar-refractivity contribution is 7.91. The van der Waals surface area contributed by atoms with E-state index in [1.807, 2.05) is 35.2 Å². The molecule has 1 aromatic carbocycles. The molecule has 0 bridgehead atoms. The largest absolute Gasteiger partial charge is 0.379 e. The lowest BCUT2D eigenvalue weighted by molar-refractivity contribution is -0.128. The number of morpholine rings is 1. The molecule has 31 heavy (non-hydrogen) atoms. The van der Waals surface area contributed by atoms with Crippen LogP contribution in [0.5, 0.6) is 0 Å². The van der Waals surface area contributed by atoms with Crippen LogP contribution in [0.15, 0.2) is 30.3 Å². The van der Waals surface area contributed by atoms with Crippen molar-refractivity contribution in [2.75, 3.05) is 57.4 Å². The Morgan fingerprint density at radius 2 is 1.65 bits per heavy atom. The molecule has 4 rings (SSSR count). The van der Waals surface area contributed by atoms with E-state index >= 15 is 0 Å². The molecular formula is C23H35N3O4S. The predicted molar refractivity (Wildman–Crippen MR) is 121 cm³/mol. The molecule has 0 aromatic heterocycles. The number of benzene rings is 1. The van der Waals surface area contributed by atoms with E-state index in [1.165, 1.54) is 19.3 Å². The molecule has 8 heteroatoms. The molecule has 7 nitrogen and oxygen atoms in total. The smallest absolute Gasteiger partial charge is 0.242 e. The van der Waals surface area contributed by atoms with E-state index in [4.69, 9.17) is 4.74 Å². The number of carbonyl (C=O) groups excluding carboxylic acids is 1. The van der Waals surface area contributed by atoms with E-state index in [9.17, 15) is 13.2 Å². The Bertz CT molecular complexity index is 820. The molecule has 1 atom stereocenters. The SMILES string of the molecule is O=C(NCC1(N2CCOCC2)CCCCC1)C(c1ccccc1)N1CCS(=O)(=O)CC1. The highest BCUT2D eigenvalue weighted by Gasteiger charge is 2.40. The van der Waals surface area contributed by atoms with Crippen molar-refractivity contribution in [3.05, 3.63) is 35.9 Å². The normalized spacial score (nSPS) is 25.5. The topological polar surface area (TPSA) is 79.0 Å². The fourth-order valence-electron chi connectivity index (χ4n) is 5.35. The van der Waals surface area contributed by atoms with Crippen molar-refractivity contribution in [1.29, 1.82) is 0 Å².